The summed E-state index contributed by atoms with van der Waals surface area (Å²) in [6, 6.07) is 2.24. The summed E-state index contributed by atoms with van der Waals surface area (Å²) in [7, 11) is -4.13. The zero-order chi connectivity index (χ0) is 14.2. The van der Waals surface area contributed by atoms with Gasteiger partial charge in [0.15, 0.2) is 0 Å². The first-order valence-corrected chi connectivity index (χ1v) is 6.77. The Balaban J connectivity index is 2.44. The number of rotatable bonds is 3. The van der Waals surface area contributed by atoms with Gasteiger partial charge >= 0.3 is 5.69 Å². The molecule has 0 atom stereocenters. The Kier molecular flexibility index (Phi) is 3.23. The number of sulfonamides is 1. The third-order valence-corrected chi connectivity index (χ3v) is 4.55. The summed E-state index contributed by atoms with van der Waals surface area (Å²) in [5, 5.41) is 10.4. The van der Waals surface area contributed by atoms with E-state index < -0.39 is 37.3 Å². The van der Waals surface area contributed by atoms with Gasteiger partial charge in [0.2, 0.25) is 11.7 Å². The maximum absolute atomic E-state index is 13.4. The summed E-state index contributed by atoms with van der Waals surface area (Å²) in [5.41, 5.74) is -0.813. The molecule has 1 heterocycles. The molecule has 0 aliphatic carbocycles. The first-order valence-electron chi connectivity index (χ1n) is 5.33. The molecule has 0 bridgehead atoms. The van der Waals surface area contributed by atoms with Gasteiger partial charge in [0.05, 0.1) is 9.82 Å². The van der Waals surface area contributed by atoms with E-state index in [2.05, 4.69) is 0 Å². The third kappa shape index (κ3) is 2.28. The second-order valence-electron chi connectivity index (χ2n) is 3.94. The SMILES string of the molecule is O=C1CCCN1S(=O)(=O)c1ccc([N+](=O)[O-])c(F)c1. The molecule has 0 radical (unpaired) electrons. The number of nitrogens with zero attached hydrogens (tertiary/aromatic N) is 2. The van der Waals surface area contributed by atoms with Gasteiger partial charge in [-0.3, -0.25) is 14.9 Å². The second-order valence-corrected chi connectivity index (χ2v) is 5.81. The molecule has 1 aliphatic rings. The molecule has 0 unspecified atom stereocenters. The van der Waals surface area contributed by atoms with Crippen LogP contribution in [0.4, 0.5) is 10.1 Å². The van der Waals surface area contributed by atoms with Crippen molar-refractivity contribution in [1.82, 2.24) is 4.31 Å². The molecule has 1 amide bonds. The summed E-state index contributed by atoms with van der Waals surface area (Å²) in [4.78, 5) is 20.4. The molecule has 0 N–H and O–H groups in total. The van der Waals surface area contributed by atoms with Crippen molar-refractivity contribution in [2.75, 3.05) is 6.54 Å². The lowest BCUT2D eigenvalue weighted by atomic mass is 10.3. The fourth-order valence-corrected chi connectivity index (χ4v) is 3.28. The van der Waals surface area contributed by atoms with E-state index in [9.17, 15) is 27.7 Å². The van der Waals surface area contributed by atoms with Crippen LogP contribution >= 0.6 is 0 Å². The molecule has 0 saturated carbocycles. The summed E-state index contributed by atoms with van der Waals surface area (Å²) in [5.74, 6) is -1.81. The van der Waals surface area contributed by atoms with E-state index in [1.807, 2.05) is 0 Å². The van der Waals surface area contributed by atoms with Crippen LogP contribution < -0.4 is 0 Å². The van der Waals surface area contributed by atoms with Crippen molar-refractivity contribution in [3.63, 3.8) is 0 Å². The lowest BCUT2D eigenvalue weighted by molar-refractivity contribution is -0.387. The summed E-state index contributed by atoms with van der Waals surface area (Å²) in [6.45, 7) is 0.0414. The van der Waals surface area contributed by atoms with Crippen molar-refractivity contribution in [2.24, 2.45) is 0 Å². The van der Waals surface area contributed by atoms with Crippen LogP contribution in [0, 0.1) is 15.9 Å². The predicted molar refractivity (Wildman–Crippen MR) is 61.2 cm³/mol. The van der Waals surface area contributed by atoms with Crippen molar-refractivity contribution in [2.45, 2.75) is 17.7 Å². The average Bonchev–Trinajstić information content (AvgIpc) is 2.75. The van der Waals surface area contributed by atoms with Crippen LogP contribution in [0.25, 0.3) is 0 Å². The molecule has 0 spiro atoms. The lowest BCUT2D eigenvalue weighted by Gasteiger charge is -2.15. The van der Waals surface area contributed by atoms with Crippen molar-refractivity contribution in [3.8, 4) is 0 Å². The molecule has 1 aromatic rings. The highest BCUT2D eigenvalue weighted by Gasteiger charge is 2.33. The van der Waals surface area contributed by atoms with Crippen LogP contribution in [0.5, 0.6) is 0 Å². The van der Waals surface area contributed by atoms with Crippen LogP contribution in [0.2, 0.25) is 0 Å². The Labute approximate surface area is 107 Å². The Morgan fingerprint density at radius 3 is 2.53 bits per heavy atom. The van der Waals surface area contributed by atoms with Crippen molar-refractivity contribution >= 4 is 21.6 Å². The zero-order valence-electron chi connectivity index (χ0n) is 9.58. The van der Waals surface area contributed by atoms with Crippen LogP contribution in [0.1, 0.15) is 12.8 Å². The fourth-order valence-electron chi connectivity index (χ4n) is 1.80. The lowest BCUT2D eigenvalue weighted by Crippen LogP contribution is -2.32. The van der Waals surface area contributed by atoms with Gasteiger partial charge in [0.25, 0.3) is 10.0 Å². The summed E-state index contributed by atoms with van der Waals surface area (Å²) < 4.78 is 38.2. The number of carbonyl (C=O) groups is 1. The fraction of sp³-hybridized carbons (Fsp3) is 0.300. The standard InChI is InChI=1S/C10H9FN2O5S/c11-8-6-7(3-4-9(8)13(15)16)19(17,18)12-5-1-2-10(12)14/h3-4,6H,1-2,5H2. The third-order valence-electron chi connectivity index (χ3n) is 2.73. The van der Waals surface area contributed by atoms with E-state index in [4.69, 9.17) is 0 Å². The maximum Gasteiger partial charge on any atom is 0.304 e. The van der Waals surface area contributed by atoms with Crippen molar-refractivity contribution in [1.29, 1.82) is 0 Å². The van der Waals surface area contributed by atoms with E-state index in [0.29, 0.717) is 16.8 Å². The number of halogens is 1. The molecule has 102 valence electrons. The van der Waals surface area contributed by atoms with Crippen LogP contribution in [-0.4, -0.2) is 30.1 Å². The zero-order valence-corrected chi connectivity index (χ0v) is 10.4. The molecule has 9 heteroatoms. The molecular formula is C10H9FN2O5S. The number of hydrogen-bond acceptors (Lipinski definition) is 5. The van der Waals surface area contributed by atoms with E-state index in [1.54, 1.807) is 0 Å². The Hall–Kier alpha value is -2.03. The minimum atomic E-state index is -4.13. The van der Waals surface area contributed by atoms with Crippen LogP contribution in [0.15, 0.2) is 23.1 Å². The number of nitro benzene ring substituents is 1. The van der Waals surface area contributed by atoms with Crippen LogP contribution in [-0.2, 0) is 14.8 Å². The van der Waals surface area contributed by atoms with Gasteiger partial charge in [-0.05, 0) is 12.5 Å². The van der Waals surface area contributed by atoms with Crippen molar-refractivity contribution in [3.05, 3.63) is 34.1 Å². The normalized spacial score (nSPS) is 15.8. The van der Waals surface area contributed by atoms with E-state index in [-0.39, 0.29) is 13.0 Å². The summed E-state index contributed by atoms with van der Waals surface area (Å²) >= 11 is 0. The Morgan fingerprint density at radius 1 is 1.37 bits per heavy atom. The van der Waals surface area contributed by atoms with Gasteiger partial charge in [0, 0.05) is 25.1 Å². The topological polar surface area (TPSA) is 97.6 Å². The molecule has 1 saturated heterocycles. The highest BCUT2D eigenvalue weighted by Crippen LogP contribution is 2.25. The molecule has 1 fully saturated rings. The molecular weight excluding hydrogens is 279 g/mol. The highest BCUT2D eigenvalue weighted by atomic mass is 32.2. The quantitative estimate of drug-likeness (QED) is 0.611. The number of benzene rings is 1. The van der Waals surface area contributed by atoms with Gasteiger partial charge in [-0.2, -0.15) is 4.39 Å². The van der Waals surface area contributed by atoms with Gasteiger partial charge in [-0.1, -0.05) is 0 Å². The van der Waals surface area contributed by atoms with E-state index >= 15 is 0 Å². The highest BCUT2D eigenvalue weighted by molar-refractivity contribution is 7.89. The van der Waals surface area contributed by atoms with Gasteiger partial charge in [-0.15, -0.1) is 0 Å². The average molecular weight is 288 g/mol. The smallest absolute Gasteiger partial charge is 0.274 e. The number of carbonyl (C=O) groups excluding carboxylic acids is 1. The van der Waals surface area contributed by atoms with Crippen LogP contribution in [0.3, 0.4) is 0 Å². The minimum absolute atomic E-state index is 0.0414. The molecule has 1 aromatic carbocycles. The molecule has 7 nitrogen and oxygen atoms in total. The first kappa shape index (κ1) is 13.4. The molecule has 1 aliphatic heterocycles. The Bertz CT molecular complexity index is 658. The van der Waals surface area contributed by atoms with Gasteiger partial charge < -0.3 is 0 Å². The van der Waals surface area contributed by atoms with E-state index in [1.165, 1.54) is 0 Å². The minimum Gasteiger partial charge on any atom is -0.274 e. The molecule has 0 aromatic heterocycles. The largest absolute Gasteiger partial charge is 0.304 e. The Morgan fingerprint density at radius 2 is 2.05 bits per heavy atom. The molecule has 19 heavy (non-hydrogen) atoms. The number of amides is 1. The second kappa shape index (κ2) is 4.57. The predicted octanol–water partition coefficient (Wildman–Crippen LogP) is 1.05. The number of nitro groups is 1. The van der Waals surface area contributed by atoms with Gasteiger partial charge in [0.1, 0.15) is 0 Å². The maximum atomic E-state index is 13.4. The van der Waals surface area contributed by atoms with Crippen molar-refractivity contribution < 1.29 is 22.5 Å². The monoisotopic (exact) mass is 288 g/mol. The number of hydrogen-bond donors (Lipinski definition) is 0. The van der Waals surface area contributed by atoms with Gasteiger partial charge in [-0.25, -0.2) is 12.7 Å². The van der Waals surface area contributed by atoms with E-state index in [0.717, 1.165) is 12.1 Å². The summed E-state index contributed by atoms with van der Waals surface area (Å²) in [6.07, 6.45) is 0.530. The molecule has 2 rings (SSSR count). The first-order chi connectivity index (χ1) is 8.84.